The van der Waals surface area contributed by atoms with Gasteiger partial charge in [0.05, 0.1) is 22.8 Å². The van der Waals surface area contributed by atoms with Gasteiger partial charge in [-0.1, -0.05) is 221 Å². The third-order valence-corrected chi connectivity index (χ3v) is 18.7. The second-order valence-electron chi connectivity index (χ2n) is 32.8. The van der Waals surface area contributed by atoms with Crippen molar-refractivity contribution in [3.8, 4) is 67.5 Å². The summed E-state index contributed by atoms with van der Waals surface area (Å²) >= 11 is 0. The summed E-state index contributed by atoms with van der Waals surface area (Å²) in [6.07, 6.45) is 24.9. The van der Waals surface area contributed by atoms with E-state index < -0.39 is 32.5 Å². The summed E-state index contributed by atoms with van der Waals surface area (Å²) in [5, 5.41) is 36.6. The van der Waals surface area contributed by atoms with E-state index in [9.17, 15) is 20.1 Å². The Labute approximate surface area is 556 Å². The Hall–Kier alpha value is -7.65. The van der Waals surface area contributed by atoms with Gasteiger partial charge in [-0.05, 0) is 158 Å². The van der Waals surface area contributed by atoms with Crippen LogP contribution >= 0.6 is 0 Å². The summed E-state index contributed by atoms with van der Waals surface area (Å²) in [4.78, 5) is 32.8. The molecule has 7 aromatic rings. The van der Waals surface area contributed by atoms with Crippen LogP contribution in [-0.2, 0) is 37.3 Å². The van der Waals surface area contributed by atoms with Crippen LogP contribution < -0.4 is 4.74 Å². The van der Waals surface area contributed by atoms with E-state index >= 15 is 0 Å². The Balaban J connectivity index is 1.29. The normalized spacial score (nSPS) is 13.2. The lowest BCUT2D eigenvalue weighted by Crippen LogP contribution is -2.17. The zero-order chi connectivity index (χ0) is 67.8. The number of esters is 1. The molecule has 0 fully saturated rings. The zero-order valence-electron chi connectivity index (χ0n) is 59.8. The average molecular weight is 1250 g/mol. The smallest absolute Gasteiger partial charge is 0.311 e. The van der Waals surface area contributed by atoms with Crippen molar-refractivity contribution in [1.82, 2.24) is 19.9 Å². The fraction of sp³-hybridized carbons (Fsp3) is 0.464. The van der Waals surface area contributed by atoms with Gasteiger partial charge < -0.3 is 30.0 Å². The van der Waals surface area contributed by atoms with Crippen LogP contribution in [0.15, 0.2) is 84.9 Å². The quantitative estimate of drug-likeness (QED) is 0.0308. The third-order valence-electron chi connectivity index (χ3n) is 18.7. The van der Waals surface area contributed by atoms with E-state index in [1.807, 2.05) is 24.3 Å². The van der Waals surface area contributed by atoms with Crippen molar-refractivity contribution in [3.05, 3.63) is 141 Å². The summed E-state index contributed by atoms with van der Waals surface area (Å²) in [5.41, 5.74) is 15.6. The summed E-state index contributed by atoms with van der Waals surface area (Å²) in [6, 6.07) is 29.1. The van der Waals surface area contributed by atoms with Crippen molar-refractivity contribution in [2.75, 3.05) is 0 Å². The highest BCUT2D eigenvalue weighted by atomic mass is 16.5. The highest BCUT2D eigenvalue weighted by molar-refractivity contribution is 6.00. The minimum Gasteiger partial charge on any atom is -0.507 e. The number of unbranched alkanes of at least 4 members (excludes halogenated alkanes) is 12. The number of hydrogen-bond acceptors (Lipinski definition) is 7. The van der Waals surface area contributed by atoms with Crippen LogP contribution in [-0.4, -0.2) is 41.2 Å². The Bertz CT molecular complexity index is 3940. The monoisotopic (exact) mass is 1250 g/mol. The zero-order valence-corrected chi connectivity index (χ0v) is 59.8. The molecule has 2 aliphatic heterocycles. The molecule has 0 saturated carbocycles. The van der Waals surface area contributed by atoms with Crippen LogP contribution in [0, 0.1) is 0 Å². The van der Waals surface area contributed by atoms with Gasteiger partial charge in [0.25, 0.3) is 0 Å². The Morgan fingerprint density at radius 2 is 0.602 bits per heavy atom. The van der Waals surface area contributed by atoms with Gasteiger partial charge in [-0.3, -0.25) is 4.79 Å². The number of carbonyl (C=O) groups excluding carboxylic acids is 1. The first-order chi connectivity index (χ1) is 43.5. The van der Waals surface area contributed by atoms with Gasteiger partial charge in [-0.15, -0.1) is 0 Å². The van der Waals surface area contributed by atoms with Crippen molar-refractivity contribution in [2.24, 2.45) is 0 Å². The van der Waals surface area contributed by atoms with Gasteiger partial charge in [0.1, 0.15) is 23.0 Å². The number of H-pyrrole nitrogens is 2. The van der Waals surface area contributed by atoms with E-state index in [2.05, 4.69) is 226 Å². The summed E-state index contributed by atoms with van der Waals surface area (Å²) in [6.45, 7) is 40.8. The molecule has 5 heterocycles. The average Bonchev–Trinajstić information content (AvgIpc) is 1.74. The van der Waals surface area contributed by atoms with Crippen LogP contribution in [0.5, 0.6) is 23.0 Å². The maximum absolute atomic E-state index is 13.4. The van der Waals surface area contributed by atoms with E-state index in [0.717, 1.165) is 142 Å². The van der Waals surface area contributed by atoms with Gasteiger partial charge in [0.15, 0.2) is 0 Å². The fourth-order valence-corrected chi connectivity index (χ4v) is 13.3. The maximum atomic E-state index is 13.4. The molecule has 93 heavy (non-hydrogen) atoms. The van der Waals surface area contributed by atoms with E-state index in [0.29, 0.717) is 29.4 Å². The highest BCUT2D eigenvalue weighted by Crippen LogP contribution is 2.49. The molecule has 0 atom stereocenters. The molecule has 0 unspecified atom stereocenters. The number of nitrogens with one attached hydrogen (secondary N) is 2. The maximum Gasteiger partial charge on any atom is 0.311 e. The summed E-state index contributed by atoms with van der Waals surface area (Å²) in [7, 11) is 0. The number of hydrogen-bond donors (Lipinski definition) is 5. The van der Waals surface area contributed by atoms with E-state index in [1.165, 1.54) is 64.2 Å². The third kappa shape index (κ3) is 16.0. The van der Waals surface area contributed by atoms with Gasteiger partial charge in [-0.2, -0.15) is 0 Å². The van der Waals surface area contributed by atoms with Crippen LogP contribution in [0.2, 0.25) is 0 Å². The molecule has 5 N–H and O–H groups in total. The molecule has 0 saturated heterocycles. The lowest BCUT2D eigenvalue weighted by atomic mass is 9.77. The van der Waals surface area contributed by atoms with E-state index in [1.54, 1.807) is 0 Å². The van der Waals surface area contributed by atoms with Crippen molar-refractivity contribution >= 4 is 52.3 Å². The van der Waals surface area contributed by atoms with Crippen molar-refractivity contribution in [2.45, 2.75) is 254 Å². The predicted octanol–water partition coefficient (Wildman–Crippen LogP) is 23.6. The number of ether oxygens (including phenoxy) is 1. The van der Waals surface area contributed by atoms with Crippen molar-refractivity contribution < 1.29 is 24.9 Å². The van der Waals surface area contributed by atoms with Crippen LogP contribution in [0.3, 0.4) is 0 Å². The van der Waals surface area contributed by atoms with Gasteiger partial charge in [0, 0.05) is 84.1 Å². The minimum absolute atomic E-state index is 0.226. The lowest BCUT2D eigenvalue weighted by Gasteiger charge is -2.28. The molecule has 3 aromatic heterocycles. The number of carbonyl (C=O) groups is 1. The fourth-order valence-electron chi connectivity index (χ4n) is 13.3. The topological polar surface area (TPSA) is 144 Å². The number of nitrogens with zero attached hydrogens (tertiary/aromatic N) is 2. The molecule has 0 radical (unpaired) electrons. The number of phenols is 3. The first-order valence-corrected chi connectivity index (χ1v) is 34.7. The second-order valence-corrected chi connectivity index (χ2v) is 32.8. The molecule has 9 rings (SSSR count). The number of rotatable bonds is 19. The molecule has 0 aliphatic carbocycles. The number of aromatic hydroxyl groups is 3. The highest BCUT2D eigenvalue weighted by Gasteiger charge is 2.32. The first-order valence-electron chi connectivity index (χ1n) is 34.7. The number of aromatic nitrogens is 4. The van der Waals surface area contributed by atoms with Crippen LogP contribution in [0.25, 0.3) is 90.9 Å². The molecular formula is C84H108N4O5. The Kier molecular flexibility index (Phi) is 20.5. The molecule has 494 valence electrons. The van der Waals surface area contributed by atoms with E-state index in [-0.39, 0.29) is 5.97 Å². The molecule has 9 nitrogen and oxygen atoms in total. The number of fused-ring (bicyclic) bond motifs is 8. The van der Waals surface area contributed by atoms with Gasteiger partial charge >= 0.3 is 5.97 Å². The van der Waals surface area contributed by atoms with Crippen LogP contribution in [0.4, 0.5) is 0 Å². The summed E-state index contributed by atoms with van der Waals surface area (Å²) in [5.74, 6) is 1.14. The Morgan fingerprint density at radius 3 is 0.860 bits per heavy atom. The SMILES string of the molecule is CCCCCCCCCCCCCCCC(=O)Oc1ccc(-c2c3nc(c(-c4cc(C(C)(C)C)c(O)c(C(C)(C)C)c4)c4ccc([nH]4)c(-c4cc(C(C)(C)C)c(O)c(C(C)(C)C)c4)c4nc(c(-c5cc(C(C)(C)C)c(O)c(C(C)(C)C)c5)c5ccc2[nH]5)C=C4)C=C3)cc1. The Morgan fingerprint density at radius 1 is 0.355 bits per heavy atom. The molecule has 0 spiro atoms. The largest absolute Gasteiger partial charge is 0.507 e. The molecule has 9 heteroatoms. The van der Waals surface area contributed by atoms with Gasteiger partial charge in [-0.25, -0.2) is 9.97 Å². The first kappa shape index (κ1) is 69.7. The van der Waals surface area contributed by atoms with Gasteiger partial charge in [0.2, 0.25) is 0 Å². The van der Waals surface area contributed by atoms with E-state index in [4.69, 9.17) is 14.7 Å². The number of phenolic OH excluding ortho intramolecular Hbond substituents is 3. The molecular weight excluding hydrogens is 1140 g/mol. The predicted molar refractivity (Wildman–Crippen MR) is 394 cm³/mol. The van der Waals surface area contributed by atoms with Crippen molar-refractivity contribution in [1.29, 1.82) is 0 Å². The lowest BCUT2D eigenvalue weighted by molar-refractivity contribution is -0.134. The summed E-state index contributed by atoms with van der Waals surface area (Å²) < 4.78 is 6.03. The number of benzene rings is 4. The molecule has 8 bridgehead atoms. The van der Waals surface area contributed by atoms with Crippen molar-refractivity contribution in [3.63, 3.8) is 0 Å². The number of aromatic amines is 2. The minimum atomic E-state index is -0.419. The standard InChI is InChI=1S/C84H108N4O5/c1-20-21-22-23-24-25-26-27-28-29-30-31-32-33-71(89)93-56-36-34-52(35-37-56)72-63-38-40-65(85-63)73(53-46-57(79(2,3)4)76(90)58(47-53)80(5,6)7)67-42-44-69(87-67)75(55-50-61(83(14,15)16)78(92)62(51-55)84(17,18)19)70-45-43-68(88-70)74(66-41-39-64(72)86-66)54-48-59(81(8,9)10)77(91)60(49-54)82(11,12)13/h34-51,85,88,90-92H,20-33H2,1-19H3. The molecule has 0 amide bonds. The second kappa shape index (κ2) is 27.4. The molecule has 2 aliphatic rings. The molecule has 4 aromatic carbocycles. The van der Waals surface area contributed by atoms with Crippen LogP contribution in [0.1, 0.15) is 278 Å².